The molecule has 5 heteroatoms. The number of aryl methyl sites for hydroxylation is 2. The normalized spacial score (nSPS) is 12.3. The summed E-state index contributed by atoms with van der Waals surface area (Å²) in [7, 11) is 2.59. The minimum Gasteiger partial charge on any atom is -0.467 e. The van der Waals surface area contributed by atoms with E-state index >= 15 is 0 Å². The zero-order valence-corrected chi connectivity index (χ0v) is 24.8. The van der Waals surface area contributed by atoms with Crippen molar-refractivity contribution in [2.45, 2.75) is 86.0 Å². The molecule has 0 bridgehead atoms. The van der Waals surface area contributed by atoms with Crippen LogP contribution in [0.3, 0.4) is 0 Å². The van der Waals surface area contributed by atoms with Crippen molar-refractivity contribution < 1.29 is 18.9 Å². The van der Waals surface area contributed by atoms with Crippen LogP contribution >= 0.6 is 7.92 Å². The lowest BCUT2D eigenvalue weighted by Crippen LogP contribution is -2.25. The van der Waals surface area contributed by atoms with Crippen LogP contribution in [0.2, 0.25) is 0 Å². The highest BCUT2D eigenvalue weighted by Crippen LogP contribution is 2.45. The average molecular weight is 503 g/mol. The van der Waals surface area contributed by atoms with Gasteiger partial charge in [0.2, 0.25) is 0 Å². The minimum absolute atomic E-state index is 0.0314. The highest BCUT2D eigenvalue weighted by Gasteiger charge is 2.28. The maximum atomic E-state index is 6.24. The number of ether oxygens (including phenoxy) is 4. The van der Waals surface area contributed by atoms with E-state index < -0.39 is 7.92 Å². The van der Waals surface area contributed by atoms with Gasteiger partial charge in [-0.05, 0) is 79.6 Å². The first-order valence-electron chi connectivity index (χ1n) is 12.7. The molecule has 0 aromatic heterocycles. The first-order valence-corrected chi connectivity index (χ1v) is 14.2. The monoisotopic (exact) mass is 502 g/mol. The molecule has 35 heavy (non-hydrogen) atoms. The summed E-state index contributed by atoms with van der Waals surface area (Å²) < 4.78 is 23.1. The Hall–Kier alpha value is -1.61. The first-order chi connectivity index (χ1) is 16.3. The Morgan fingerprint density at radius 1 is 0.686 bits per heavy atom. The maximum Gasteiger partial charge on any atom is 0.188 e. The van der Waals surface area contributed by atoms with Crippen molar-refractivity contribution in [2.75, 3.05) is 34.0 Å². The van der Waals surface area contributed by atoms with Crippen molar-refractivity contribution in [3.8, 4) is 11.5 Å². The van der Waals surface area contributed by atoms with E-state index in [0.29, 0.717) is 0 Å². The molecule has 0 saturated heterocycles. The molecule has 0 aliphatic carbocycles. The van der Waals surface area contributed by atoms with Crippen LogP contribution in [0, 0.1) is 13.8 Å². The summed E-state index contributed by atoms with van der Waals surface area (Å²) >= 11 is 0. The second-order valence-electron chi connectivity index (χ2n) is 11.4. The maximum absolute atomic E-state index is 6.24. The van der Waals surface area contributed by atoms with Gasteiger partial charge in [-0.25, -0.2) is 0 Å². The molecule has 2 rings (SSSR count). The number of rotatable bonds is 11. The predicted octanol–water partition coefficient (Wildman–Crippen LogP) is 7.10. The summed E-state index contributed by atoms with van der Waals surface area (Å²) in [6.07, 6.45) is 3.34. The fourth-order valence-electron chi connectivity index (χ4n) is 4.08. The van der Waals surface area contributed by atoms with Crippen molar-refractivity contribution in [1.82, 2.24) is 0 Å². The molecule has 0 heterocycles. The standard InChI is InChI=1S/C30H47O4P/c1-12-13-14-35(25-17-23(29(4,5)6)15-21(2)27(25)33-19-31-10)26-18-24(30(7,8)9)16-22(3)28(26)34-20-32-11/h15-18H,12-14,19-20H2,1-11H3. The van der Waals surface area contributed by atoms with Gasteiger partial charge in [0.1, 0.15) is 11.5 Å². The number of methoxy groups -OCH3 is 2. The quantitative estimate of drug-likeness (QED) is 0.243. The van der Waals surface area contributed by atoms with Crippen LogP contribution in [0.15, 0.2) is 24.3 Å². The van der Waals surface area contributed by atoms with E-state index in [4.69, 9.17) is 18.9 Å². The molecule has 0 amide bonds. The zero-order valence-electron chi connectivity index (χ0n) is 23.9. The fourth-order valence-corrected chi connectivity index (χ4v) is 7.01. The molecule has 2 aromatic carbocycles. The number of unbranched alkanes of at least 4 members (excludes halogenated alkanes) is 1. The Morgan fingerprint density at radius 3 is 1.40 bits per heavy atom. The van der Waals surface area contributed by atoms with Gasteiger partial charge >= 0.3 is 0 Å². The Labute approximate surface area is 215 Å². The summed E-state index contributed by atoms with van der Waals surface area (Å²) in [4.78, 5) is 0. The first kappa shape index (κ1) is 29.6. The van der Waals surface area contributed by atoms with Gasteiger partial charge in [0.05, 0.1) is 0 Å². The topological polar surface area (TPSA) is 36.9 Å². The molecule has 4 nitrogen and oxygen atoms in total. The lowest BCUT2D eigenvalue weighted by atomic mass is 9.86. The molecule has 0 spiro atoms. The number of benzene rings is 2. The highest BCUT2D eigenvalue weighted by atomic mass is 31.1. The summed E-state index contributed by atoms with van der Waals surface area (Å²) in [5.41, 5.74) is 5.00. The molecule has 0 aliphatic rings. The van der Waals surface area contributed by atoms with Crippen molar-refractivity contribution >= 4 is 18.5 Å². The van der Waals surface area contributed by atoms with Gasteiger partial charge in [-0.2, -0.15) is 0 Å². The van der Waals surface area contributed by atoms with Gasteiger partial charge < -0.3 is 18.9 Å². The SMILES string of the molecule is CCCCP(c1cc(C(C)(C)C)cc(C)c1OCOC)c1cc(C(C)(C)C)cc(C)c1OCOC. The Morgan fingerprint density at radius 2 is 1.09 bits per heavy atom. The summed E-state index contributed by atoms with van der Waals surface area (Å²) in [5.74, 6) is 1.89. The van der Waals surface area contributed by atoms with Crippen molar-refractivity contribution in [2.24, 2.45) is 0 Å². The molecule has 2 aromatic rings. The molecular formula is C30H47O4P. The summed E-state index contributed by atoms with van der Waals surface area (Å²) in [5, 5.41) is 2.53. The van der Waals surface area contributed by atoms with Gasteiger partial charge in [-0.3, -0.25) is 0 Å². The van der Waals surface area contributed by atoms with Crippen molar-refractivity contribution in [1.29, 1.82) is 0 Å². The molecule has 196 valence electrons. The molecule has 0 saturated carbocycles. The second kappa shape index (κ2) is 12.6. The highest BCUT2D eigenvalue weighted by molar-refractivity contribution is 7.73. The smallest absolute Gasteiger partial charge is 0.188 e. The third kappa shape index (κ3) is 7.68. The predicted molar refractivity (Wildman–Crippen MR) is 151 cm³/mol. The van der Waals surface area contributed by atoms with Gasteiger partial charge in [0.15, 0.2) is 13.6 Å². The van der Waals surface area contributed by atoms with Crippen LogP contribution in [0.1, 0.15) is 83.6 Å². The Bertz CT molecular complexity index is 894. The lowest BCUT2D eigenvalue weighted by Gasteiger charge is -2.30. The van der Waals surface area contributed by atoms with E-state index in [1.54, 1.807) is 14.2 Å². The van der Waals surface area contributed by atoms with Gasteiger partial charge in [0, 0.05) is 24.8 Å². The third-order valence-corrected chi connectivity index (χ3v) is 8.79. The van der Waals surface area contributed by atoms with Crippen LogP contribution in [-0.2, 0) is 20.3 Å². The van der Waals surface area contributed by atoms with E-state index in [0.717, 1.165) is 41.6 Å². The van der Waals surface area contributed by atoms with E-state index in [-0.39, 0.29) is 24.4 Å². The number of hydrogen-bond acceptors (Lipinski definition) is 4. The zero-order chi connectivity index (χ0) is 26.4. The molecule has 0 fully saturated rings. The van der Waals surface area contributed by atoms with Gasteiger partial charge in [-0.15, -0.1) is 0 Å². The Balaban J connectivity index is 2.89. The third-order valence-electron chi connectivity index (χ3n) is 6.20. The minimum atomic E-state index is -0.752. The fraction of sp³-hybridized carbons (Fsp3) is 0.600. The molecule has 0 radical (unpaired) electrons. The van der Waals surface area contributed by atoms with Crippen molar-refractivity contribution in [3.05, 3.63) is 46.5 Å². The lowest BCUT2D eigenvalue weighted by molar-refractivity contribution is 0.0513. The van der Waals surface area contributed by atoms with Crippen LogP contribution in [0.5, 0.6) is 11.5 Å². The van der Waals surface area contributed by atoms with E-state index in [1.807, 2.05) is 0 Å². The Kier molecular flexibility index (Phi) is 10.6. The summed E-state index contributed by atoms with van der Waals surface area (Å²) in [6, 6.07) is 9.28. The largest absolute Gasteiger partial charge is 0.467 e. The summed E-state index contributed by atoms with van der Waals surface area (Å²) in [6.45, 7) is 20.6. The van der Waals surface area contributed by atoms with Crippen LogP contribution in [0.25, 0.3) is 0 Å². The number of hydrogen-bond donors (Lipinski definition) is 0. The average Bonchev–Trinajstić information content (AvgIpc) is 2.76. The van der Waals surface area contributed by atoms with Gasteiger partial charge in [0.25, 0.3) is 0 Å². The van der Waals surface area contributed by atoms with E-state index in [1.165, 1.54) is 21.7 Å². The van der Waals surface area contributed by atoms with E-state index in [9.17, 15) is 0 Å². The van der Waals surface area contributed by atoms with Crippen LogP contribution in [-0.4, -0.2) is 34.0 Å². The van der Waals surface area contributed by atoms with Gasteiger partial charge in [-0.1, -0.05) is 67.0 Å². The molecule has 0 unspecified atom stereocenters. The van der Waals surface area contributed by atoms with Crippen molar-refractivity contribution in [3.63, 3.8) is 0 Å². The second-order valence-corrected chi connectivity index (χ2v) is 13.7. The van der Waals surface area contributed by atoms with E-state index in [2.05, 4.69) is 86.6 Å². The molecule has 0 aliphatic heterocycles. The molecule has 0 N–H and O–H groups in total. The molecular weight excluding hydrogens is 455 g/mol. The van der Waals surface area contributed by atoms with Crippen LogP contribution in [0.4, 0.5) is 0 Å². The molecule has 0 atom stereocenters. The van der Waals surface area contributed by atoms with Crippen LogP contribution < -0.4 is 20.1 Å².